The topological polar surface area (TPSA) is 39.2 Å². The Kier molecular flexibility index (Phi) is 3.10. The smallest absolute Gasteiger partial charge is 0.150 e. The Bertz CT molecular complexity index is 513. The molecule has 2 aromatic rings. The van der Waals surface area contributed by atoms with E-state index in [1.54, 1.807) is 30.5 Å². The lowest BCUT2D eigenvalue weighted by atomic mass is 10.1. The molecule has 0 unspecified atom stereocenters. The highest BCUT2D eigenvalue weighted by atomic mass is 19.1. The van der Waals surface area contributed by atoms with Crippen LogP contribution in [0.15, 0.2) is 30.5 Å². The normalized spacial score (nSPS) is 10.3. The average molecular weight is 219 g/mol. The zero-order valence-corrected chi connectivity index (χ0v) is 8.52. The van der Waals surface area contributed by atoms with Crippen LogP contribution in [-0.2, 0) is 0 Å². The van der Waals surface area contributed by atoms with Gasteiger partial charge in [-0.05, 0) is 24.3 Å². The molecule has 0 aliphatic carbocycles. The van der Waals surface area contributed by atoms with Crippen LogP contribution in [-0.4, -0.2) is 24.6 Å². The zero-order chi connectivity index (χ0) is 11.4. The maximum atomic E-state index is 12.0. The summed E-state index contributed by atoms with van der Waals surface area (Å²) >= 11 is 0. The Morgan fingerprint density at radius 3 is 3.00 bits per heavy atom. The molecule has 16 heavy (non-hydrogen) atoms. The highest BCUT2D eigenvalue weighted by Crippen LogP contribution is 2.24. The summed E-state index contributed by atoms with van der Waals surface area (Å²) in [5.41, 5.74) is 1.27. The van der Waals surface area contributed by atoms with Crippen molar-refractivity contribution in [3.63, 3.8) is 0 Å². The van der Waals surface area contributed by atoms with Crippen LogP contribution in [0.4, 0.5) is 4.39 Å². The van der Waals surface area contributed by atoms with Crippen LogP contribution in [0.2, 0.25) is 0 Å². The Morgan fingerprint density at radius 1 is 1.38 bits per heavy atom. The molecule has 1 heterocycles. The molecule has 0 atom stereocenters. The molecule has 0 bridgehead atoms. The molecule has 82 valence electrons. The number of alkyl halides is 1. The second kappa shape index (κ2) is 4.70. The lowest BCUT2D eigenvalue weighted by Crippen LogP contribution is -1.99. The third-order valence-corrected chi connectivity index (χ3v) is 2.20. The zero-order valence-electron chi connectivity index (χ0n) is 8.52. The molecule has 0 N–H and O–H groups in total. The fourth-order valence-electron chi connectivity index (χ4n) is 1.49. The van der Waals surface area contributed by atoms with Crippen LogP contribution < -0.4 is 4.74 Å². The van der Waals surface area contributed by atoms with Gasteiger partial charge in [-0.3, -0.25) is 9.78 Å². The van der Waals surface area contributed by atoms with Crippen LogP contribution in [0.5, 0.6) is 5.75 Å². The first kappa shape index (κ1) is 10.5. The van der Waals surface area contributed by atoms with Crippen LogP contribution in [0.1, 0.15) is 10.4 Å². The van der Waals surface area contributed by atoms with Gasteiger partial charge in [-0.1, -0.05) is 0 Å². The van der Waals surface area contributed by atoms with Crippen molar-refractivity contribution in [2.75, 3.05) is 13.3 Å². The van der Waals surface area contributed by atoms with Gasteiger partial charge in [0.25, 0.3) is 0 Å². The van der Waals surface area contributed by atoms with E-state index in [1.165, 1.54) is 0 Å². The van der Waals surface area contributed by atoms with Gasteiger partial charge in [0.05, 0.1) is 5.52 Å². The number of aromatic nitrogens is 1. The summed E-state index contributed by atoms with van der Waals surface area (Å²) in [6.07, 6.45) is 2.35. The summed E-state index contributed by atoms with van der Waals surface area (Å²) in [6, 6.07) is 6.76. The van der Waals surface area contributed by atoms with Crippen molar-refractivity contribution in [1.29, 1.82) is 0 Å². The summed E-state index contributed by atoms with van der Waals surface area (Å²) in [7, 11) is 0. The highest BCUT2D eigenvalue weighted by molar-refractivity contribution is 5.90. The fraction of sp³-hybridized carbons (Fsp3) is 0.167. The van der Waals surface area contributed by atoms with Crippen molar-refractivity contribution in [2.24, 2.45) is 0 Å². The highest BCUT2D eigenvalue weighted by Gasteiger charge is 2.03. The standard InChI is InChI=1S/C12H10FNO2/c13-4-6-16-12-3-5-14-11-2-1-9(8-15)7-10(11)12/h1-3,5,7-8H,4,6H2. The van der Waals surface area contributed by atoms with E-state index in [4.69, 9.17) is 4.74 Å². The SMILES string of the molecule is O=Cc1ccc2nccc(OCCF)c2c1. The molecule has 3 nitrogen and oxygen atoms in total. The molecule has 0 spiro atoms. The van der Waals surface area contributed by atoms with Gasteiger partial charge in [-0.25, -0.2) is 4.39 Å². The molecule has 1 aromatic carbocycles. The summed E-state index contributed by atoms with van der Waals surface area (Å²) in [5.74, 6) is 0.548. The molecule has 0 radical (unpaired) electrons. The van der Waals surface area contributed by atoms with Crippen LogP contribution in [0.3, 0.4) is 0 Å². The molecule has 0 amide bonds. The minimum absolute atomic E-state index is 0.00440. The number of rotatable bonds is 4. The Morgan fingerprint density at radius 2 is 2.25 bits per heavy atom. The van der Waals surface area contributed by atoms with Gasteiger partial charge in [-0.2, -0.15) is 0 Å². The third kappa shape index (κ3) is 2.00. The number of aldehydes is 1. The summed E-state index contributed by atoms with van der Waals surface area (Å²) in [5, 5.41) is 0.723. The number of nitrogens with zero attached hydrogens (tertiary/aromatic N) is 1. The van der Waals surface area contributed by atoms with Gasteiger partial charge in [0.2, 0.25) is 0 Å². The Balaban J connectivity index is 2.50. The van der Waals surface area contributed by atoms with E-state index in [9.17, 15) is 9.18 Å². The van der Waals surface area contributed by atoms with Crippen LogP contribution in [0.25, 0.3) is 10.9 Å². The summed E-state index contributed by atoms with van der Waals surface area (Å²) in [4.78, 5) is 14.8. The van der Waals surface area contributed by atoms with E-state index in [0.29, 0.717) is 11.3 Å². The second-order valence-corrected chi connectivity index (χ2v) is 3.24. The summed E-state index contributed by atoms with van der Waals surface area (Å²) in [6.45, 7) is -0.540. The van der Waals surface area contributed by atoms with Crippen molar-refractivity contribution < 1.29 is 13.9 Å². The van der Waals surface area contributed by atoms with E-state index in [-0.39, 0.29) is 6.61 Å². The van der Waals surface area contributed by atoms with Gasteiger partial charge in [0, 0.05) is 17.1 Å². The summed E-state index contributed by atoms with van der Waals surface area (Å²) < 4.78 is 17.3. The third-order valence-electron chi connectivity index (χ3n) is 2.20. The predicted molar refractivity (Wildman–Crippen MR) is 58.6 cm³/mol. The minimum Gasteiger partial charge on any atom is -0.490 e. The van der Waals surface area contributed by atoms with E-state index >= 15 is 0 Å². The maximum Gasteiger partial charge on any atom is 0.150 e. The number of hydrogen-bond acceptors (Lipinski definition) is 3. The van der Waals surface area contributed by atoms with E-state index in [1.807, 2.05) is 0 Å². The van der Waals surface area contributed by atoms with Gasteiger partial charge in [0.15, 0.2) is 0 Å². The van der Waals surface area contributed by atoms with Crippen molar-refractivity contribution >= 4 is 17.2 Å². The van der Waals surface area contributed by atoms with Crippen molar-refractivity contribution in [1.82, 2.24) is 4.98 Å². The number of pyridine rings is 1. The quantitative estimate of drug-likeness (QED) is 0.741. The molecule has 0 aliphatic heterocycles. The molecule has 0 aliphatic rings. The van der Waals surface area contributed by atoms with Crippen molar-refractivity contribution in [3.8, 4) is 5.75 Å². The molecule has 1 aromatic heterocycles. The van der Waals surface area contributed by atoms with Crippen molar-refractivity contribution in [2.45, 2.75) is 0 Å². The lowest BCUT2D eigenvalue weighted by Gasteiger charge is -2.07. The number of hydrogen-bond donors (Lipinski definition) is 0. The number of benzene rings is 1. The molecule has 0 saturated carbocycles. The largest absolute Gasteiger partial charge is 0.490 e. The Hall–Kier alpha value is -1.97. The molecule has 0 fully saturated rings. The van der Waals surface area contributed by atoms with Gasteiger partial charge < -0.3 is 4.74 Å². The second-order valence-electron chi connectivity index (χ2n) is 3.24. The first-order chi connectivity index (χ1) is 7.85. The minimum atomic E-state index is -0.544. The average Bonchev–Trinajstić information content (AvgIpc) is 2.35. The van der Waals surface area contributed by atoms with E-state index < -0.39 is 6.67 Å². The van der Waals surface area contributed by atoms with Gasteiger partial charge in [-0.15, -0.1) is 0 Å². The molecular formula is C12H10FNO2. The number of ether oxygens (including phenoxy) is 1. The van der Waals surface area contributed by atoms with E-state index in [2.05, 4.69) is 4.98 Å². The number of fused-ring (bicyclic) bond motifs is 1. The maximum absolute atomic E-state index is 12.0. The number of carbonyl (C=O) groups excluding carboxylic acids is 1. The lowest BCUT2D eigenvalue weighted by molar-refractivity contribution is 0.112. The number of carbonyl (C=O) groups is 1. The first-order valence-corrected chi connectivity index (χ1v) is 4.88. The molecule has 0 saturated heterocycles. The predicted octanol–water partition coefficient (Wildman–Crippen LogP) is 2.40. The number of halogens is 1. The van der Waals surface area contributed by atoms with E-state index in [0.717, 1.165) is 17.2 Å². The van der Waals surface area contributed by atoms with Crippen molar-refractivity contribution in [3.05, 3.63) is 36.0 Å². The van der Waals surface area contributed by atoms with Gasteiger partial charge in [0.1, 0.15) is 25.3 Å². The van der Waals surface area contributed by atoms with Gasteiger partial charge >= 0.3 is 0 Å². The molecule has 2 rings (SSSR count). The Labute approximate surface area is 91.9 Å². The first-order valence-electron chi connectivity index (χ1n) is 4.88. The monoisotopic (exact) mass is 219 g/mol. The fourth-order valence-corrected chi connectivity index (χ4v) is 1.49. The van der Waals surface area contributed by atoms with Crippen LogP contribution in [0, 0.1) is 0 Å². The molecular weight excluding hydrogens is 209 g/mol. The van der Waals surface area contributed by atoms with Crippen LogP contribution >= 0.6 is 0 Å². The molecule has 4 heteroatoms.